The van der Waals surface area contributed by atoms with Crippen LogP contribution in [0.2, 0.25) is 0 Å². The molecule has 0 spiro atoms. The number of imidazole rings is 2. The van der Waals surface area contributed by atoms with Crippen LogP contribution in [0.1, 0.15) is 12.5 Å². The lowest BCUT2D eigenvalue weighted by atomic mass is 10.1. The van der Waals surface area contributed by atoms with Gasteiger partial charge < -0.3 is 44.1 Å². The van der Waals surface area contributed by atoms with Crippen LogP contribution in [0, 0.1) is 0 Å². The van der Waals surface area contributed by atoms with Gasteiger partial charge in [-0.05, 0) is 23.6 Å². The van der Waals surface area contributed by atoms with Crippen LogP contribution >= 0.6 is 13.9 Å². The van der Waals surface area contributed by atoms with Gasteiger partial charge in [0.1, 0.15) is 24.4 Å². The number of H-pyrrole nitrogens is 2. The Morgan fingerprint density at radius 1 is 1.04 bits per heavy atom. The molecule has 25 heteroatoms. The highest BCUT2D eigenvalue weighted by Gasteiger charge is 2.51. The third-order valence-electron chi connectivity index (χ3n) is 6.97. The molecule has 0 saturated carbocycles. The largest absolute Gasteiger partial charge is 0.394 e. The van der Waals surface area contributed by atoms with Crippen LogP contribution < -0.4 is 16.9 Å². The number of nitrogens with zero attached hydrogens (tertiary/aromatic N) is 6. The van der Waals surface area contributed by atoms with E-state index in [1.54, 1.807) is 0 Å². The molecule has 2 fully saturated rings. The van der Waals surface area contributed by atoms with Gasteiger partial charge in [-0.2, -0.15) is 4.98 Å². The third kappa shape index (κ3) is 6.11. The number of hydrogen-bond acceptors (Lipinski definition) is 15. The van der Waals surface area contributed by atoms with E-state index in [1.807, 2.05) is 0 Å². The zero-order chi connectivity index (χ0) is 32.2. The molecule has 244 valence electrons. The van der Waals surface area contributed by atoms with Gasteiger partial charge in [0.25, 0.3) is 11.1 Å². The quantitative estimate of drug-likeness (QED) is 0.105. The fourth-order valence-corrected chi connectivity index (χ4v) is 7.27. The first-order valence-electron chi connectivity index (χ1n) is 12.8. The molecule has 10 atom stereocenters. The molecule has 45 heavy (non-hydrogen) atoms. The Bertz CT molecular complexity index is 1930. The van der Waals surface area contributed by atoms with Crippen LogP contribution in [0.25, 0.3) is 22.3 Å². The minimum Gasteiger partial charge on any atom is -0.394 e. The molecular formula is C20H23F2N9O10P2S2. The fourth-order valence-electron chi connectivity index (χ4n) is 5.02. The predicted molar refractivity (Wildman–Crippen MR) is 156 cm³/mol. The number of nitrogens with two attached hydrogens (primary N) is 1. The smallest absolute Gasteiger partial charge is 0.325 e. The Morgan fingerprint density at radius 3 is 2.40 bits per heavy atom. The lowest BCUT2D eigenvalue weighted by Gasteiger charge is -2.26. The Hall–Kier alpha value is -2.66. The van der Waals surface area contributed by atoms with Crippen LogP contribution in [-0.4, -0.2) is 104 Å². The molecule has 7 N–H and O–H groups in total. The minimum absolute atomic E-state index is 0.0137. The molecular weight excluding hydrogens is 690 g/mol. The number of rotatable bonds is 10. The van der Waals surface area contributed by atoms with Crippen molar-refractivity contribution in [2.75, 3.05) is 18.9 Å². The van der Waals surface area contributed by atoms with Crippen molar-refractivity contribution in [2.45, 2.75) is 49.2 Å². The molecule has 0 aromatic carbocycles. The van der Waals surface area contributed by atoms with E-state index in [0.29, 0.717) is 0 Å². The standard InChI is InChI=1S/C20H23F2N9O10P2S2/c21-8-6(1-32)38-19(31-5-27-11-15(31)28-20(23)29-17(11)34)13(8)41-43(36,45)37-2-7-12(40-42(35)44)9(22)18(39-7)30-4-26-10-14(30)24-3-25-16(10)33/h3-9,12-13,18-19,32,42H,1-2H2,(H,35,44)(H,36,45)(H,24,25,33)(H3,23,28,29,34)/t6-,7-,8-,9+,12-,13-,18-,19-,43?/m1/s1. The maximum atomic E-state index is 15.7. The van der Waals surface area contributed by atoms with E-state index in [1.165, 1.54) is 0 Å². The second-order valence-corrected chi connectivity index (χ2v) is 14.3. The first-order valence-corrected chi connectivity index (χ1v) is 17.8. The summed E-state index contributed by atoms with van der Waals surface area (Å²) in [5.41, 5.74) is 3.99. The Kier molecular flexibility index (Phi) is 8.97. The van der Waals surface area contributed by atoms with Crippen molar-refractivity contribution in [3.63, 3.8) is 0 Å². The number of hydrogen-bond donors (Lipinski definition) is 6. The van der Waals surface area contributed by atoms with E-state index < -0.39 is 87.4 Å². The van der Waals surface area contributed by atoms with Crippen LogP contribution in [0.5, 0.6) is 0 Å². The average Bonchev–Trinajstić information content (AvgIpc) is 3.73. The zero-order valence-electron chi connectivity index (χ0n) is 22.2. The number of fused-ring (bicyclic) bond motifs is 2. The second kappa shape index (κ2) is 12.5. The van der Waals surface area contributed by atoms with Crippen LogP contribution in [-0.2, 0) is 46.7 Å². The molecule has 0 amide bonds. The van der Waals surface area contributed by atoms with Crippen LogP contribution in [0.15, 0.2) is 28.6 Å². The highest BCUT2D eigenvalue weighted by atomic mass is 32.5. The molecule has 2 aliphatic rings. The summed E-state index contributed by atoms with van der Waals surface area (Å²) in [5.74, 6) is -0.272. The van der Waals surface area contributed by atoms with E-state index in [0.717, 1.165) is 28.1 Å². The fraction of sp³-hybridized carbons (Fsp3) is 0.500. The summed E-state index contributed by atoms with van der Waals surface area (Å²) in [6.45, 7) is -5.91. The molecule has 0 aliphatic carbocycles. The zero-order valence-corrected chi connectivity index (χ0v) is 25.8. The average molecular weight is 714 g/mol. The second-order valence-electron chi connectivity index (χ2n) is 9.72. The van der Waals surface area contributed by atoms with E-state index in [-0.39, 0.29) is 28.3 Å². The van der Waals surface area contributed by atoms with Crippen molar-refractivity contribution >= 4 is 65.8 Å². The maximum Gasteiger partial charge on any atom is 0.325 e. The summed E-state index contributed by atoms with van der Waals surface area (Å²) in [6, 6.07) is 0. The Labute approximate surface area is 259 Å². The van der Waals surface area contributed by atoms with Gasteiger partial charge in [0.2, 0.25) is 5.95 Å². The number of ether oxygens (including phenoxy) is 2. The van der Waals surface area contributed by atoms with Crippen molar-refractivity contribution in [3.8, 4) is 0 Å². The normalized spacial score (nSPS) is 30.7. The van der Waals surface area contributed by atoms with E-state index in [4.69, 9.17) is 52.4 Å². The van der Waals surface area contributed by atoms with Crippen molar-refractivity contribution in [2.24, 2.45) is 0 Å². The molecule has 0 radical (unpaired) electrons. The monoisotopic (exact) mass is 713 g/mol. The molecule has 0 bridgehead atoms. The number of anilines is 1. The molecule has 2 saturated heterocycles. The summed E-state index contributed by atoms with van der Waals surface area (Å²) in [6.07, 6.45) is -9.78. The summed E-state index contributed by atoms with van der Waals surface area (Å²) < 4.78 is 60.8. The Balaban J connectivity index is 1.23. The SMILES string of the molecule is Nc1nc2c(ncn2[C@@H]2O[C@H](CO)[C@@H](F)[C@H]2OP(O)(=S)OC[C@H]2O[C@@H](n3cnc4c(=O)[nH]cnc43)[C@@H](F)[C@@H]2O[PH](O)=S)c(=O)[nH]1. The number of nitrogens with one attached hydrogen (secondary N) is 2. The lowest BCUT2D eigenvalue weighted by molar-refractivity contribution is -0.0540. The van der Waals surface area contributed by atoms with Crippen molar-refractivity contribution < 1.29 is 46.7 Å². The van der Waals surface area contributed by atoms with Gasteiger partial charge in [-0.1, -0.05) is 0 Å². The molecule has 4 aromatic rings. The highest BCUT2D eigenvalue weighted by molar-refractivity contribution is 8.07. The molecule has 19 nitrogen and oxygen atoms in total. The van der Waals surface area contributed by atoms with Crippen molar-refractivity contribution in [3.05, 3.63) is 39.7 Å². The number of aromatic amines is 2. The highest BCUT2D eigenvalue weighted by Crippen LogP contribution is 2.51. The predicted octanol–water partition coefficient (Wildman–Crippen LogP) is -1.20. The van der Waals surface area contributed by atoms with Gasteiger partial charge in [-0.15, -0.1) is 0 Å². The first-order chi connectivity index (χ1) is 21.4. The topological polar surface area (TPSA) is 260 Å². The van der Waals surface area contributed by atoms with Gasteiger partial charge in [-0.25, -0.2) is 23.7 Å². The van der Waals surface area contributed by atoms with Crippen molar-refractivity contribution in [1.82, 2.24) is 39.0 Å². The number of nitrogen functional groups attached to an aromatic ring is 1. The molecule has 6 rings (SSSR count). The van der Waals surface area contributed by atoms with Gasteiger partial charge in [0, 0.05) is 0 Å². The number of alkyl halides is 2. The van der Waals surface area contributed by atoms with Gasteiger partial charge in [0.15, 0.2) is 54.3 Å². The number of aliphatic hydroxyl groups excluding tert-OH is 1. The van der Waals surface area contributed by atoms with Crippen molar-refractivity contribution in [1.29, 1.82) is 0 Å². The van der Waals surface area contributed by atoms with Gasteiger partial charge in [0.05, 0.1) is 32.2 Å². The van der Waals surface area contributed by atoms with Crippen LogP contribution in [0.4, 0.5) is 14.7 Å². The van der Waals surface area contributed by atoms with E-state index in [9.17, 15) is 24.5 Å². The maximum absolute atomic E-state index is 15.7. The van der Waals surface area contributed by atoms with Gasteiger partial charge in [-0.3, -0.25) is 28.2 Å². The van der Waals surface area contributed by atoms with E-state index in [2.05, 4.69) is 29.9 Å². The molecule has 2 aliphatic heterocycles. The third-order valence-corrected chi connectivity index (χ3v) is 9.29. The van der Waals surface area contributed by atoms with Crippen LogP contribution in [0.3, 0.4) is 0 Å². The Morgan fingerprint density at radius 2 is 1.71 bits per heavy atom. The minimum atomic E-state index is -4.42. The molecule has 4 aromatic heterocycles. The van der Waals surface area contributed by atoms with E-state index >= 15 is 8.78 Å². The number of aromatic nitrogens is 8. The molecule has 2 unspecified atom stereocenters. The molecule has 6 heterocycles. The first kappa shape index (κ1) is 32.3. The lowest BCUT2D eigenvalue weighted by Crippen LogP contribution is -2.34. The summed E-state index contributed by atoms with van der Waals surface area (Å²) in [4.78, 5) is 65.4. The summed E-state index contributed by atoms with van der Waals surface area (Å²) in [7, 11) is -2.90. The van der Waals surface area contributed by atoms with Gasteiger partial charge >= 0.3 is 6.72 Å². The number of aliphatic hydroxyl groups is 1. The number of halogens is 2. The summed E-state index contributed by atoms with van der Waals surface area (Å²) in [5, 5.41) is 9.66. The summed E-state index contributed by atoms with van der Waals surface area (Å²) >= 11 is 9.84.